The van der Waals surface area contributed by atoms with Crippen LogP contribution in [0.15, 0.2) is 42.9 Å². The second kappa shape index (κ2) is 5.26. The third-order valence-electron chi connectivity index (χ3n) is 3.85. The van der Waals surface area contributed by atoms with Gasteiger partial charge in [0.05, 0.1) is 35.7 Å². The maximum atomic E-state index is 5.41. The smallest absolute Gasteiger partial charge is 0.0924 e. The van der Waals surface area contributed by atoms with Gasteiger partial charge >= 0.3 is 0 Å². The van der Waals surface area contributed by atoms with Gasteiger partial charge in [-0.3, -0.25) is 9.67 Å². The van der Waals surface area contributed by atoms with Crippen molar-refractivity contribution in [2.75, 3.05) is 13.2 Å². The zero-order valence-corrected chi connectivity index (χ0v) is 11.6. The summed E-state index contributed by atoms with van der Waals surface area (Å²) in [6, 6.07) is 7.89. The molecule has 1 unspecified atom stereocenters. The lowest BCUT2D eigenvalue weighted by atomic mass is 10.1. The van der Waals surface area contributed by atoms with E-state index in [0.29, 0.717) is 5.92 Å². The maximum absolute atomic E-state index is 5.41. The molecule has 0 spiro atoms. The van der Waals surface area contributed by atoms with E-state index in [1.165, 1.54) is 0 Å². The summed E-state index contributed by atoms with van der Waals surface area (Å²) in [7, 11) is 0. The van der Waals surface area contributed by atoms with Crippen LogP contribution in [0.2, 0.25) is 0 Å². The fourth-order valence-corrected chi connectivity index (χ4v) is 2.68. The Hall–Kier alpha value is -2.27. The Morgan fingerprint density at radius 2 is 2.10 bits per heavy atom. The molecule has 0 aliphatic carbocycles. The molecule has 1 aliphatic rings. The molecule has 1 fully saturated rings. The third kappa shape index (κ3) is 2.52. The minimum absolute atomic E-state index is 0.570. The Morgan fingerprint density at radius 1 is 1.19 bits per heavy atom. The SMILES string of the molecule is c1ccc2nc(-c3cnn(CC4CCOC4)c3)cnc2c1. The topological polar surface area (TPSA) is 52.8 Å². The van der Waals surface area contributed by atoms with Gasteiger partial charge < -0.3 is 4.74 Å². The Labute approximate surface area is 122 Å². The van der Waals surface area contributed by atoms with Gasteiger partial charge in [-0.1, -0.05) is 12.1 Å². The van der Waals surface area contributed by atoms with E-state index in [1.54, 1.807) is 0 Å². The van der Waals surface area contributed by atoms with Crippen LogP contribution in [0.5, 0.6) is 0 Å². The fraction of sp³-hybridized carbons (Fsp3) is 0.312. The van der Waals surface area contributed by atoms with Crippen LogP contribution >= 0.6 is 0 Å². The van der Waals surface area contributed by atoms with E-state index in [0.717, 1.165) is 48.5 Å². The van der Waals surface area contributed by atoms with E-state index in [-0.39, 0.29) is 0 Å². The van der Waals surface area contributed by atoms with Crippen molar-refractivity contribution >= 4 is 11.0 Å². The zero-order chi connectivity index (χ0) is 14.1. The van der Waals surface area contributed by atoms with Gasteiger partial charge in [0.1, 0.15) is 0 Å². The molecule has 2 aromatic heterocycles. The first-order valence-corrected chi connectivity index (χ1v) is 7.21. The molecule has 1 saturated heterocycles. The highest BCUT2D eigenvalue weighted by Gasteiger charge is 2.16. The number of benzene rings is 1. The lowest BCUT2D eigenvalue weighted by Crippen LogP contribution is -2.10. The predicted molar refractivity (Wildman–Crippen MR) is 79.7 cm³/mol. The monoisotopic (exact) mass is 280 g/mol. The van der Waals surface area contributed by atoms with Crippen molar-refractivity contribution in [3.05, 3.63) is 42.9 Å². The summed E-state index contributed by atoms with van der Waals surface area (Å²) in [4.78, 5) is 9.10. The Morgan fingerprint density at radius 3 is 2.95 bits per heavy atom. The van der Waals surface area contributed by atoms with Gasteiger partial charge in [0, 0.05) is 30.8 Å². The number of ether oxygens (including phenoxy) is 1. The Balaban J connectivity index is 1.61. The highest BCUT2D eigenvalue weighted by Crippen LogP contribution is 2.20. The molecule has 3 aromatic rings. The van der Waals surface area contributed by atoms with E-state index in [2.05, 4.69) is 15.1 Å². The van der Waals surface area contributed by atoms with Crippen molar-refractivity contribution in [3.8, 4) is 11.3 Å². The normalized spacial score (nSPS) is 18.4. The van der Waals surface area contributed by atoms with Gasteiger partial charge in [0.2, 0.25) is 0 Å². The molecule has 21 heavy (non-hydrogen) atoms. The molecule has 0 radical (unpaired) electrons. The molecule has 0 saturated carbocycles. The van der Waals surface area contributed by atoms with Crippen molar-refractivity contribution < 1.29 is 4.74 Å². The van der Waals surface area contributed by atoms with Crippen LogP contribution in [0, 0.1) is 5.92 Å². The molecule has 1 aliphatic heterocycles. The lowest BCUT2D eigenvalue weighted by molar-refractivity contribution is 0.181. The number of hydrogen-bond acceptors (Lipinski definition) is 4. The summed E-state index contributed by atoms with van der Waals surface area (Å²) in [5.74, 6) is 0.570. The fourth-order valence-electron chi connectivity index (χ4n) is 2.68. The largest absolute Gasteiger partial charge is 0.381 e. The molecular weight excluding hydrogens is 264 g/mol. The molecule has 1 atom stereocenters. The van der Waals surface area contributed by atoms with Crippen LogP contribution in [-0.4, -0.2) is 33.0 Å². The van der Waals surface area contributed by atoms with Gasteiger partial charge in [-0.15, -0.1) is 0 Å². The van der Waals surface area contributed by atoms with E-state index < -0.39 is 0 Å². The van der Waals surface area contributed by atoms with Gasteiger partial charge in [0.15, 0.2) is 0 Å². The third-order valence-corrected chi connectivity index (χ3v) is 3.85. The standard InChI is InChI=1S/C16H16N4O/c1-2-4-15-14(3-1)17-8-16(19-15)13-7-18-20(10-13)9-12-5-6-21-11-12/h1-4,7-8,10,12H,5-6,9,11H2. The quantitative estimate of drug-likeness (QED) is 0.740. The molecular formula is C16H16N4O. The second-order valence-corrected chi connectivity index (χ2v) is 5.42. The highest BCUT2D eigenvalue weighted by atomic mass is 16.5. The predicted octanol–water partition coefficient (Wildman–Crippen LogP) is 2.53. The van der Waals surface area contributed by atoms with Gasteiger partial charge in [-0.05, 0) is 18.6 Å². The highest BCUT2D eigenvalue weighted by molar-refractivity contribution is 5.76. The summed E-state index contributed by atoms with van der Waals surface area (Å²) in [5.41, 5.74) is 3.69. The lowest BCUT2D eigenvalue weighted by Gasteiger charge is -2.06. The van der Waals surface area contributed by atoms with Crippen LogP contribution in [0.25, 0.3) is 22.3 Å². The first kappa shape index (κ1) is 12.5. The molecule has 106 valence electrons. The zero-order valence-electron chi connectivity index (χ0n) is 11.6. The van der Waals surface area contributed by atoms with Crippen LogP contribution in [0.3, 0.4) is 0 Å². The van der Waals surface area contributed by atoms with E-state index in [4.69, 9.17) is 4.74 Å². The van der Waals surface area contributed by atoms with Crippen molar-refractivity contribution in [3.63, 3.8) is 0 Å². The first-order chi connectivity index (χ1) is 10.4. The van der Waals surface area contributed by atoms with Crippen LogP contribution < -0.4 is 0 Å². The van der Waals surface area contributed by atoms with E-state index in [9.17, 15) is 0 Å². The number of fused-ring (bicyclic) bond motifs is 1. The van der Waals surface area contributed by atoms with Crippen molar-refractivity contribution in [2.45, 2.75) is 13.0 Å². The van der Waals surface area contributed by atoms with Crippen molar-refractivity contribution in [1.82, 2.24) is 19.7 Å². The first-order valence-electron chi connectivity index (χ1n) is 7.21. The Bertz CT molecular complexity index is 762. The maximum Gasteiger partial charge on any atom is 0.0924 e. The average Bonchev–Trinajstić information content (AvgIpc) is 3.19. The van der Waals surface area contributed by atoms with E-state index >= 15 is 0 Å². The summed E-state index contributed by atoms with van der Waals surface area (Å²) in [6.07, 6.45) is 6.82. The summed E-state index contributed by atoms with van der Waals surface area (Å²) >= 11 is 0. The molecule has 0 N–H and O–H groups in total. The average molecular weight is 280 g/mol. The van der Waals surface area contributed by atoms with Crippen LogP contribution in [0.1, 0.15) is 6.42 Å². The molecule has 5 heteroatoms. The van der Waals surface area contributed by atoms with Crippen LogP contribution in [-0.2, 0) is 11.3 Å². The number of rotatable bonds is 3. The molecule has 4 rings (SSSR count). The molecule has 0 amide bonds. The van der Waals surface area contributed by atoms with Gasteiger partial charge in [-0.25, -0.2) is 4.98 Å². The Kier molecular flexibility index (Phi) is 3.12. The molecule has 5 nitrogen and oxygen atoms in total. The molecule has 1 aromatic carbocycles. The van der Waals surface area contributed by atoms with Gasteiger partial charge in [-0.2, -0.15) is 5.10 Å². The molecule has 3 heterocycles. The number of hydrogen-bond donors (Lipinski definition) is 0. The minimum Gasteiger partial charge on any atom is -0.381 e. The second-order valence-electron chi connectivity index (χ2n) is 5.42. The van der Waals surface area contributed by atoms with E-state index in [1.807, 2.05) is 47.5 Å². The number of aromatic nitrogens is 4. The summed E-state index contributed by atoms with van der Waals surface area (Å²) in [6.45, 7) is 2.61. The van der Waals surface area contributed by atoms with Crippen molar-refractivity contribution in [1.29, 1.82) is 0 Å². The van der Waals surface area contributed by atoms with Crippen LogP contribution in [0.4, 0.5) is 0 Å². The van der Waals surface area contributed by atoms with Crippen molar-refractivity contribution in [2.24, 2.45) is 5.92 Å². The van der Waals surface area contributed by atoms with Gasteiger partial charge in [0.25, 0.3) is 0 Å². The summed E-state index contributed by atoms with van der Waals surface area (Å²) < 4.78 is 7.38. The number of nitrogens with zero attached hydrogens (tertiary/aromatic N) is 4. The number of para-hydroxylation sites is 2. The molecule has 0 bridgehead atoms. The summed E-state index contributed by atoms with van der Waals surface area (Å²) in [5, 5.41) is 4.43. The minimum atomic E-state index is 0.570.